The summed E-state index contributed by atoms with van der Waals surface area (Å²) in [6.45, 7) is 5.52. The SMILES string of the molecule is N#Cc1cccc(N2CCN(CCCCOc3ccc4c(c3)NC(=O)C3CC43)CC2)c1Cl. The highest BCUT2D eigenvalue weighted by atomic mass is 35.5. The van der Waals surface area contributed by atoms with Gasteiger partial charge in [-0.15, -0.1) is 0 Å². The van der Waals surface area contributed by atoms with Crippen molar-refractivity contribution >= 4 is 28.9 Å². The van der Waals surface area contributed by atoms with Crippen LogP contribution in [0.15, 0.2) is 36.4 Å². The molecule has 166 valence electrons. The summed E-state index contributed by atoms with van der Waals surface area (Å²) in [5, 5.41) is 12.7. The predicted molar refractivity (Wildman–Crippen MR) is 125 cm³/mol. The van der Waals surface area contributed by atoms with E-state index in [1.807, 2.05) is 24.3 Å². The van der Waals surface area contributed by atoms with Crippen molar-refractivity contribution in [2.75, 3.05) is 49.5 Å². The lowest BCUT2D eigenvalue weighted by Crippen LogP contribution is -2.46. The zero-order valence-corrected chi connectivity index (χ0v) is 18.8. The third-order valence-corrected chi connectivity index (χ3v) is 7.16. The van der Waals surface area contributed by atoms with E-state index >= 15 is 0 Å². The molecule has 32 heavy (non-hydrogen) atoms. The second-order valence-corrected chi connectivity index (χ2v) is 9.20. The Kier molecular flexibility index (Phi) is 5.95. The van der Waals surface area contributed by atoms with Crippen LogP contribution in [0.4, 0.5) is 11.4 Å². The number of fused-ring (bicyclic) bond motifs is 3. The maximum Gasteiger partial charge on any atom is 0.228 e. The molecule has 3 aliphatic rings. The summed E-state index contributed by atoms with van der Waals surface area (Å²) >= 11 is 6.39. The van der Waals surface area contributed by atoms with Crippen molar-refractivity contribution in [1.82, 2.24) is 4.90 Å². The van der Waals surface area contributed by atoms with E-state index in [4.69, 9.17) is 16.3 Å². The molecule has 0 bridgehead atoms. The fourth-order valence-electron chi connectivity index (χ4n) is 4.80. The lowest BCUT2D eigenvalue weighted by atomic mass is 10.0. The van der Waals surface area contributed by atoms with Gasteiger partial charge in [0.1, 0.15) is 11.8 Å². The van der Waals surface area contributed by atoms with Gasteiger partial charge in [0.2, 0.25) is 5.91 Å². The molecule has 7 heteroatoms. The Bertz CT molecular complexity index is 1060. The van der Waals surface area contributed by atoms with Gasteiger partial charge in [-0.2, -0.15) is 5.26 Å². The van der Waals surface area contributed by atoms with Crippen LogP contribution in [0.5, 0.6) is 5.75 Å². The second-order valence-electron chi connectivity index (χ2n) is 8.82. The molecule has 2 atom stereocenters. The number of hydrogen-bond acceptors (Lipinski definition) is 5. The Labute approximate surface area is 193 Å². The molecule has 1 amide bonds. The number of nitrogens with zero attached hydrogens (tertiary/aromatic N) is 3. The monoisotopic (exact) mass is 450 g/mol. The van der Waals surface area contributed by atoms with Crippen molar-refractivity contribution in [3.05, 3.63) is 52.5 Å². The van der Waals surface area contributed by atoms with Crippen molar-refractivity contribution in [2.45, 2.75) is 25.2 Å². The summed E-state index contributed by atoms with van der Waals surface area (Å²) in [6.07, 6.45) is 3.05. The summed E-state index contributed by atoms with van der Waals surface area (Å²) in [4.78, 5) is 16.7. The molecule has 2 aromatic rings. The first-order chi connectivity index (χ1) is 15.6. The third kappa shape index (κ3) is 4.28. The Morgan fingerprint density at radius 1 is 1.12 bits per heavy atom. The van der Waals surface area contributed by atoms with Crippen molar-refractivity contribution in [3.8, 4) is 11.8 Å². The highest BCUT2D eigenvalue weighted by Gasteiger charge is 2.48. The summed E-state index contributed by atoms with van der Waals surface area (Å²) in [7, 11) is 0. The van der Waals surface area contributed by atoms with Gasteiger partial charge in [0.25, 0.3) is 0 Å². The number of piperazine rings is 1. The van der Waals surface area contributed by atoms with Crippen molar-refractivity contribution in [1.29, 1.82) is 5.26 Å². The molecule has 0 radical (unpaired) electrons. The average molecular weight is 451 g/mol. The summed E-state index contributed by atoms with van der Waals surface area (Å²) < 4.78 is 5.94. The van der Waals surface area contributed by atoms with Crippen LogP contribution in [-0.4, -0.2) is 50.1 Å². The number of nitriles is 1. The van der Waals surface area contributed by atoms with Crippen molar-refractivity contribution < 1.29 is 9.53 Å². The number of carbonyl (C=O) groups is 1. The van der Waals surface area contributed by atoms with Crippen LogP contribution in [0.2, 0.25) is 5.02 Å². The van der Waals surface area contributed by atoms with Gasteiger partial charge in [-0.3, -0.25) is 9.69 Å². The van der Waals surface area contributed by atoms with Crippen LogP contribution >= 0.6 is 11.6 Å². The van der Waals surface area contributed by atoms with E-state index in [-0.39, 0.29) is 11.8 Å². The zero-order chi connectivity index (χ0) is 22.1. The lowest BCUT2D eigenvalue weighted by molar-refractivity contribution is -0.117. The summed E-state index contributed by atoms with van der Waals surface area (Å²) in [5.74, 6) is 1.59. The number of nitrogens with one attached hydrogen (secondary N) is 1. The van der Waals surface area contributed by atoms with E-state index in [0.29, 0.717) is 23.1 Å². The molecule has 1 saturated heterocycles. The number of hydrogen-bond donors (Lipinski definition) is 1. The van der Waals surface area contributed by atoms with E-state index in [1.54, 1.807) is 6.07 Å². The molecule has 0 aromatic heterocycles. The Balaban J connectivity index is 1.03. The largest absolute Gasteiger partial charge is 0.494 e. The number of carbonyl (C=O) groups excluding carboxylic acids is 1. The first-order valence-electron chi connectivity index (χ1n) is 11.4. The number of rotatable bonds is 7. The number of unbranched alkanes of at least 4 members (excludes halogenated alkanes) is 1. The van der Waals surface area contributed by atoms with E-state index in [9.17, 15) is 10.1 Å². The smallest absolute Gasteiger partial charge is 0.228 e. The average Bonchev–Trinajstić information content (AvgIpc) is 3.61. The van der Waals surface area contributed by atoms with E-state index in [0.717, 1.165) is 69.1 Å². The van der Waals surface area contributed by atoms with E-state index in [2.05, 4.69) is 27.3 Å². The van der Waals surface area contributed by atoms with Gasteiger partial charge in [-0.1, -0.05) is 23.7 Å². The molecule has 6 nitrogen and oxygen atoms in total. The first kappa shape index (κ1) is 21.1. The number of ether oxygens (including phenoxy) is 1. The highest BCUT2D eigenvalue weighted by Crippen LogP contribution is 2.53. The maximum absolute atomic E-state index is 11.9. The minimum Gasteiger partial charge on any atom is -0.494 e. The molecule has 2 fully saturated rings. The lowest BCUT2D eigenvalue weighted by Gasteiger charge is -2.36. The third-order valence-electron chi connectivity index (χ3n) is 6.76. The van der Waals surface area contributed by atoms with Crippen LogP contribution in [0.3, 0.4) is 0 Å². The Morgan fingerprint density at radius 2 is 1.97 bits per heavy atom. The Morgan fingerprint density at radius 3 is 2.78 bits per heavy atom. The summed E-state index contributed by atoms with van der Waals surface area (Å²) in [6, 6.07) is 13.9. The van der Waals surface area contributed by atoms with Crippen LogP contribution in [0.25, 0.3) is 0 Å². The predicted octanol–water partition coefficient (Wildman–Crippen LogP) is 4.25. The van der Waals surface area contributed by atoms with Gasteiger partial charge < -0.3 is 15.0 Å². The van der Waals surface area contributed by atoms with Crippen molar-refractivity contribution in [2.24, 2.45) is 5.92 Å². The normalized spacial score (nSPS) is 21.9. The molecule has 0 spiro atoms. The fourth-order valence-corrected chi connectivity index (χ4v) is 5.09. The van der Waals surface area contributed by atoms with Gasteiger partial charge in [0.05, 0.1) is 22.9 Å². The van der Waals surface area contributed by atoms with Crippen LogP contribution < -0.4 is 15.0 Å². The second kappa shape index (κ2) is 9.01. The quantitative estimate of drug-likeness (QED) is 0.639. The molecule has 2 unspecified atom stereocenters. The Hall–Kier alpha value is -2.75. The van der Waals surface area contributed by atoms with E-state index < -0.39 is 0 Å². The van der Waals surface area contributed by atoms with Gasteiger partial charge in [0.15, 0.2) is 0 Å². The topological polar surface area (TPSA) is 68.6 Å². The number of benzene rings is 2. The van der Waals surface area contributed by atoms with Crippen LogP contribution in [-0.2, 0) is 4.79 Å². The first-order valence-corrected chi connectivity index (χ1v) is 11.8. The van der Waals surface area contributed by atoms with Crippen LogP contribution in [0.1, 0.15) is 36.3 Å². The molecule has 1 aliphatic carbocycles. The van der Waals surface area contributed by atoms with E-state index in [1.165, 1.54) is 5.56 Å². The minimum atomic E-state index is 0.153. The molecule has 2 heterocycles. The molecular formula is C25H27ClN4O2. The molecule has 2 aliphatic heterocycles. The fraction of sp³-hybridized carbons (Fsp3) is 0.440. The molecule has 5 rings (SSSR count). The van der Waals surface area contributed by atoms with Gasteiger partial charge in [-0.25, -0.2) is 0 Å². The molecular weight excluding hydrogens is 424 g/mol. The standard InChI is InChI=1S/C25H27ClN4O2/c26-24-17(16-27)4-3-5-23(24)30-11-9-29(10-12-30)8-1-2-13-32-18-6-7-19-20-15-21(20)25(31)28-22(19)14-18/h3-7,14,20-21H,1-2,8-13,15H2,(H,28,31). The van der Waals surface area contributed by atoms with Gasteiger partial charge in [0, 0.05) is 43.9 Å². The minimum absolute atomic E-state index is 0.153. The van der Waals surface area contributed by atoms with Crippen LogP contribution in [0, 0.1) is 17.2 Å². The molecule has 2 aromatic carbocycles. The highest BCUT2D eigenvalue weighted by molar-refractivity contribution is 6.34. The molecule has 1 saturated carbocycles. The number of anilines is 2. The maximum atomic E-state index is 11.9. The van der Waals surface area contributed by atoms with Gasteiger partial charge in [-0.05, 0) is 55.5 Å². The number of halogens is 1. The summed E-state index contributed by atoms with van der Waals surface area (Å²) in [5.41, 5.74) is 3.66. The van der Waals surface area contributed by atoms with Crippen molar-refractivity contribution in [3.63, 3.8) is 0 Å². The molecule has 1 N–H and O–H groups in total. The van der Waals surface area contributed by atoms with Gasteiger partial charge >= 0.3 is 0 Å². The number of amides is 1. The zero-order valence-electron chi connectivity index (χ0n) is 18.0.